The fourth-order valence-corrected chi connectivity index (χ4v) is 1.20. The standard InChI is InChI=1S/C4H2IN3/c6-3-4-1-2-7-5-8-4/h1-2H. The normalized spacial score (nSPS) is 16.1. The van der Waals surface area contributed by atoms with Crippen molar-refractivity contribution in [2.75, 3.05) is 0 Å². The molecule has 1 aliphatic rings. The van der Waals surface area contributed by atoms with Crippen LogP contribution in [0.2, 0.25) is 0 Å². The fourth-order valence-electron chi connectivity index (χ4n) is 0.271. The second kappa shape index (κ2) is 2.67. The number of hydrogen-bond donors (Lipinski definition) is 0. The summed E-state index contributed by atoms with van der Waals surface area (Å²) in [5.74, 6) is 0. The highest BCUT2D eigenvalue weighted by atomic mass is 127. The van der Waals surface area contributed by atoms with E-state index in [2.05, 4.69) is 6.35 Å². The average molecular weight is 219 g/mol. The number of nitrogens with zero attached hydrogens (tertiary/aromatic N) is 3. The van der Waals surface area contributed by atoms with E-state index in [0.717, 1.165) is 0 Å². The molecular weight excluding hydrogens is 217 g/mol. The van der Waals surface area contributed by atoms with E-state index in [-0.39, 0.29) is 0 Å². The molecule has 0 N–H and O–H groups in total. The first-order valence-electron chi connectivity index (χ1n) is 1.92. The van der Waals surface area contributed by atoms with Crippen LogP contribution in [0.25, 0.3) is 0 Å². The van der Waals surface area contributed by atoms with E-state index >= 15 is 0 Å². The van der Waals surface area contributed by atoms with Gasteiger partial charge in [0, 0.05) is 6.20 Å². The first-order valence-corrected chi connectivity index (χ1v) is 3.85. The third kappa shape index (κ3) is 1.20. The van der Waals surface area contributed by atoms with Crippen molar-refractivity contribution in [3.63, 3.8) is 0 Å². The fraction of sp³-hybridized carbons (Fsp3) is 0. The Kier molecular flexibility index (Phi) is 1.86. The minimum atomic E-state index is -0.428. The van der Waals surface area contributed by atoms with Crippen LogP contribution in [0.4, 0.5) is 0 Å². The van der Waals surface area contributed by atoms with Gasteiger partial charge in [-0.2, -0.15) is 8.47 Å². The summed E-state index contributed by atoms with van der Waals surface area (Å²) in [6, 6.07) is 1.93. The zero-order chi connectivity index (χ0) is 5.82. The third-order valence-corrected chi connectivity index (χ3v) is 1.88. The van der Waals surface area contributed by atoms with Gasteiger partial charge >= 0.3 is 0 Å². The van der Waals surface area contributed by atoms with Gasteiger partial charge in [-0.05, 0) is 6.08 Å². The number of allylic oxidation sites excluding steroid dienone is 1. The molecule has 0 aliphatic carbocycles. The van der Waals surface area contributed by atoms with Crippen LogP contribution in [0, 0.1) is 11.3 Å². The molecule has 0 unspecified atom stereocenters. The molecule has 8 heavy (non-hydrogen) atoms. The Bertz CT molecular complexity index is 208. The SMILES string of the molecule is N#CC1=NI=NC=C1. The molecule has 0 aromatic rings. The van der Waals surface area contributed by atoms with Gasteiger partial charge in [-0.25, -0.2) is 3.15 Å². The van der Waals surface area contributed by atoms with Crippen LogP contribution >= 0.6 is 21.3 Å². The summed E-state index contributed by atoms with van der Waals surface area (Å²) in [6.07, 6.45) is 3.25. The van der Waals surface area contributed by atoms with E-state index in [1.165, 1.54) is 0 Å². The maximum absolute atomic E-state index is 8.23. The van der Waals surface area contributed by atoms with Crippen molar-refractivity contribution in [2.24, 2.45) is 6.35 Å². The lowest BCUT2D eigenvalue weighted by molar-refractivity contribution is 1.54. The topological polar surface area (TPSA) is 48.5 Å². The van der Waals surface area contributed by atoms with Crippen LogP contribution in [0.3, 0.4) is 0 Å². The van der Waals surface area contributed by atoms with Gasteiger partial charge in [-0.15, -0.1) is 0 Å². The minimum absolute atomic E-state index is 0.428. The predicted molar refractivity (Wildman–Crippen MR) is 38.6 cm³/mol. The highest BCUT2D eigenvalue weighted by Gasteiger charge is 1.89. The van der Waals surface area contributed by atoms with E-state index in [1.807, 2.05) is 6.07 Å². The van der Waals surface area contributed by atoms with Gasteiger partial charge in [-0.3, -0.25) is 0 Å². The average Bonchev–Trinajstić information content (AvgIpc) is 1.90. The monoisotopic (exact) mass is 219 g/mol. The molecule has 1 aliphatic heterocycles. The summed E-state index contributed by atoms with van der Waals surface area (Å²) in [4.78, 5) is 0. The zero-order valence-electron chi connectivity index (χ0n) is 3.87. The molecule has 0 atom stereocenters. The Labute approximate surface area is 57.2 Å². The van der Waals surface area contributed by atoms with Crippen molar-refractivity contribution >= 4 is 27.0 Å². The van der Waals surface area contributed by atoms with Crippen molar-refractivity contribution in [1.82, 2.24) is 0 Å². The molecule has 1 heterocycles. The molecule has 0 fully saturated rings. The molecule has 4 heteroatoms. The minimum Gasteiger partial charge on any atom is -0.212 e. The number of halogens is 1. The first-order chi connectivity index (χ1) is 3.93. The molecule has 0 aromatic heterocycles. The van der Waals surface area contributed by atoms with Crippen LogP contribution in [-0.4, -0.2) is 5.71 Å². The van der Waals surface area contributed by atoms with Gasteiger partial charge in [0.1, 0.15) is 33.1 Å². The second-order valence-electron chi connectivity index (χ2n) is 1.07. The Morgan fingerprint density at radius 1 is 1.75 bits per heavy atom. The van der Waals surface area contributed by atoms with Crippen LogP contribution in [0.15, 0.2) is 18.6 Å². The van der Waals surface area contributed by atoms with Crippen LogP contribution in [0.5, 0.6) is 0 Å². The molecule has 40 valence electrons. The molecule has 0 bridgehead atoms. The zero-order valence-corrected chi connectivity index (χ0v) is 6.03. The number of rotatable bonds is 0. The summed E-state index contributed by atoms with van der Waals surface area (Å²) in [5, 5.41) is 8.23. The Morgan fingerprint density at radius 3 is 3.00 bits per heavy atom. The summed E-state index contributed by atoms with van der Waals surface area (Å²) in [6.45, 7) is 0. The van der Waals surface area contributed by atoms with Gasteiger partial charge in [0.05, 0.1) is 0 Å². The number of hydrogen-bond acceptors (Lipinski definition) is 3. The highest BCUT2D eigenvalue weighted by Crippen LogP contribution is 2.08. The molecule has 0 amide bonds. The first kappa shape index (κ1) is 5.56. The van der Waals surface area contributed by atoms with Crippen molar-refractivity contribution in [3.8, 4) is 6.07 Å². The van der Waals surface area contributed by atoms with Crippen LogP contribution in [-0.2, 0) is 0 Å². The highest BCUT2D eigenvalue weighted by molar-refractivity contribution is 14.1. The van der Waals surface area contributed by atoms with Gasteiger partial charge in [-0.1, -0.05) is 0 Å². The van der Waals surface area contributed by atoms with Crippen molar-refractivity contribution < 1.29 is 0 Å². The Morgan fingerprint density at radius 2 is 2.62 bits per heavy atom. The van der Waals surface area contributed by atoms with Gasteiger partial charge in [0.25, 0.3) is 0 Å². The van der Waals surface area contributed by atoms with Crippen LogP contribution < -0.4 is 0 Å². The molecular formula is C4H2IN3. The third-order valence-electron chi connectivity index (χ3n) is 0.576. The Hall–Kier alpha value is -0.570. The molecule has 0 spiro atoms. The van der Waals surface area contributed by atoms with Crippen molar-refractivity contribution in [2.45, 2.75) is 0 Å². The molecule has 1 rings (SSSR count). The lowest BCUT2D eigenvalue weighted by Crippen LogP contribution is -1.84. The van der Waals surface area contributed by atoms with Gasteiger partial charge in [0.15, 0.2) is 0 Å². The quantitative estimate of drug-likeness (QED) is 0.570. The summed E-state index contributed by atoms with van der Waals surface area (Å²) < 4.78 is 7.73. The second-order valence-corrected chi connectivity index (χ2v) is 2.54. The largest absolute Gasteiger partial charge is 0.212 e. The smallest absolute Gasteiger partial charge is 0.149 e. The molecule has 0 saturated carbocycles. The molecule has 0 radical (unpaired) electrons. The van der Waals surface area contributed by atoms with Gasteiger partial charge < -0.3 is 0 Å². The van der Waals surface area contributed by atoms with E-state index < -0.39 is 21.3 Å². The van der Waals surface area contributed by atoms with E-state index in [0.29, 0.717) is 5.71 Å². The molecule has 0 saturated heterocycles. The summed E-state index contributed by atoms with van der Waals surface area (Å²) >= 11 is -0.428. The van der Waals surface area contributed by atoms with Gasteiger partial charge in [0.2, 0.25) is 0 Å². The van der Waals surface area contributed by atoms with E-state index in [9.17, 15) is 0 Å². The lowest BCUT2D eigenvalue weighted by atomic mass is 10.4. The molecule has 3 nitrogen and oxygen atoms in total. The maximum atomic E-state index is 8.23. The summed E-state index contributed by atoms with van der Waals surface area (Å²) in [7, 11) is 0. The van der Waals surface area contributed by atoms with Crippen molar-refractivity contribution in [1.29, 1.82) is 5.26 Å². The van der Waals surface area contributed by atoms with E-state index in [1.54, 1.807) is 12.3 Å². The van der Waals surface area contributed by atoms with Crippen LogP contribution in [0.1, 0.15) is 0 Å². The van der Waals surface area contributed by atoms with E-state index in [4.69, 9.17) is 5.26 Å². The molecule has 0 aromatic carbocycles. The lowest BCUT2D eigenvalue weighted by Gasteiger charge is -1.84. The summed E-state index contributed by atoms with van der Waals surface area (Å²) in [5.41, 5.74) is 0.507. The van der Waals surface area contributed by atoms with Crippen molar-refractivity contribution in [3.05, 3.63) is 12.3 Å². The maximum Gasteiger partial charge on any atom is 0.149 e. The Balaban J connectivity index is 2.88. The predicted octanol–water partition coefficient (Wildman–Crippen LogP) is 1.55. The number of nitriles is 1.